The van der Waals surface area contributed by atoms with Gasteiger partial charge in [-0.15, -0.1) is 0 Å². The standard InChI is InChI=1S/C23H20I2N2O6/c1-12(28)27-19(23(31)32)9-14-7-17(24)22(18(25)8-14)33-16-3-4-20(29)15(10-16)6-13-2-5-21(30)26-11-13/h2-5,7-8,10-11,19,29H,6,9H2,1H3,(H,26,30)(H,27,28)(H,31,32)/t19-/m1/s1. The Morgan fingerprint density at radius 2 is 1.79 bits per heavy atom. The van der Waals surface area contributed by atoms with Gasteiger partial charge in [-0.25, -0.2) is 4.79 Å². The molecule has 172 valence electrons. The van der Waals surface area contributed by atoms with Crippen molar-refractivity contribution in [3.63, 3.8) is 0 Å². The van der Waals surface area contributed by atoms with E-state index in [1.54, 1.807) is 30.5 Å². The van der Waals surface area contributed by atoms with Crippen LogP contribution in [0.3, 0.4) is 0 Å². The Bertz CT molecular complexity index is 1210. The maximum atomic E-state index is 11.4. The van der Waals surface area contributed by atoms with Gasteiger partial charge in [0.15, 0.2) is 5.75 Å². The SMILES string of the molecule is CC(=O)N[C@H](Cc1cc(I)c(Oc2ccc(O)c(Cc3ccc(=O)[nH]c3)c2)c(I)c1)C(=O)O. The molecule has 3 rings (SSSR count). The van der Waals surface area contributed by atoms with E-state index in [2.05, 4.69) is 55.5 Å². The predicted octanol–water partition coefficient (Wildman–Crippen LogP) is 3.80. The molecule has 0 fully saturated rings. The summed E-state index contributed by atoms with van der Waals surface area (Å²) >= 11 is 4.23. The van der Waals surface area contributed by atoms with Crippen LogP contribution in [0.25, 0.3) is 0 Å². The third-order valence-electron chi connectivity index (χ3n) is 4.69. The van der Waals surface area contributed by atoms with Gasteiger partial charge < -0.3 is 25.3 Å². The number of carbonyl (C=O) groups excluding carboxylic acids is 1. The molecule has 1 aromatic heterocycles. The summed E-state index contributed by atoms with van der Waals surface area (Å²) in [4.78, 5) is 36.6. The molecule has 0 radical (unpaired) electrons. The second-order valence-corrected chi connectivity index (χ2v) is 9.64. The zero-order valence-electron chi connectivity index (χ0n) is 17.4. The van der Waals surface area contributed by atoms with Crippen molar-refractivity contribution in [2.45, 2.75) is 25.8 Å². The Morgan fingerprint density at radius 3 is 2.36 bits per heavy atom. The van der Waals surface area contributed by atoms with Crippen molar-refractivity contribution in [2.24, 2.45) is 0 Å². The van der Waals surface area contributed by atoms with Crippen LogP contribution in [0.5, 0.6) is 17.2 Å². The van der Waals surface area contributed by atoms with Gasteiger partial charge in [0.25, 0.3) is 0 Å². The fraction of sp³-hybridized carbons (Fsp3) is 0.174. The van der Waals surface area contributed by atoms with Crippen LogP contribution in [-0.2, 0) is 22.4 Å². The van der Waals surface area contributed by atoms with E-state index in [4.69, 9.17) is 4.74 Å². The molecule has 0 aliphatic carbocycles. The molecule has 10 heteroatoms. The van der Waals surface area contributed by atoms with Gasteiger partial charge in [0.1, 0.15) is 17.5 Å². The van der Waals surface area contributed by atoms with E-state index in [-0.39, 0.29) is 17.7 Å². The molecule has 0 aliphatic rings. The number of aromatic nitrogens is 1. The Hall–Kier alpha value is -2.61. The van der Waals surface area contributed by atoms with Gasteiger partial charge in [0.05, 0.1) is 7.14 Å². The first-order chi connectivity index (χ1) is 15.6. The molecule has 0 unspecified atom stereocenters. The molecule has 8 nitrogen and oxygen atoms in total. The smallest absolute Gasteiger partial charge is 0.326 e. The van der Waals surface area contributed by atoms with E-state index in [1.807, 2.05) is 12.1 Å². The van der Waals surface area contributed by atoms with E-state index in [0.717, 1.165) is 18.3 Å². The number of hydrogen-bond acceptors (Lipinski definition) is 5. The minimum Gasteiger partial charge on any atom is -0.508 e. The summed E-state index contributed by atoms with van der Waals surface area (Å²) in [5.74, 6) is -0.262. The van der Waals surface area contributed by atoms with Crippen molar-refractivity contribution in [1.29, 1.82) is 0 Å². The summed E-state index contributed by atoms with van der Waals surface area (Å²) in [6.45, 7) is 1.28. The lowest BCUT2D eigenvalue weighted by Gasteiger charge is -2.16. The molecule has 1 heterocycles. The van der Waals surface area contributed by atoms with Crippen LogP contribution in [0.15, 0.2) is 53.5 Å². The lowest BCUT2D eigenvalue weighted by atomic mass is 10.1. The van der Waals surface area contributed by atoms with Crippen LogP contribution in [-0.4, -0.2) is 33.1 Å². The van der Waals surface area contributed by atoms with E-state index in [9.17, 15) is 24.6 Å². The highest BCUT2D eigenvalue weighted by molar-refractivity contribution is 14.1. The summed E-state index contributed by atoms with van der Waals surface area (Å²) in [7, 11) is 0. The normalized spacial score (nSPS) is 11.6. The van der Waals surface area contributed by atoms with E-state index in [1.165, 1.54) is 13.0 Å². The highest BCUT2D eigenvalue weighted by Crippen LogP contribution is 2.35. The molecule has 0 saturated heterocycles. The number of phenols is 1. The van der Waals surface area contributed by atoms with Gasteiger partial charge in [-0.2, -0.15) is 0 Å². The molecular weight excluding hydrogens is 654 g/mol. The molecule has 1 amide bonds. The first kappa shape index (κ1) is 25.0. The maximum absolute atomic E-state index is 11.4. The number of benzene rings is 2. The fourth-order valence-corrected chi connectivity index (χ4v) is 5.28. The number of aromatic hydroxyl groups is 1. The van der Waals surface area contributed by atoms with E-state index in [0.29, 0.717) is 23.5 Å². The molecule has 3 aromatic rings. The molecule has 4 N–H and O–H groups in total. The Labute approximate surface area is 216 Å². The topological polar surface area (TPSA) is 129 Å². The number of aliphatic carboxylic acids is 1. The van der Waals surface area contributed by atoms with Gasteiger partial charge in [-0.1, -0.05) is 6.07 Å². The highest BCUT2D eigenvalue weighted by Gasteiger charge is 2.20. The Morgan fingerprint density at radius 1 is 1.09 bits per heavy atom. The van der Waals surface area contributed by atoms with Crippen LogP contribution < -0.4 is 15.6 Å². The first-order valence-electron chi connectivity index (χ1n) is 9.77. The summed E-state index contributed by atoms with van der Waals surface area (Å²) in [6.07, 6.45) is 2.15. The number of amides is 1. The number of ether oxygens (including phenoxy) is 1. The number of halogens is 2. The van der Waals surface area contributed by atoms with Crippen LogP contribution in [0, 0.1) is 7.14 Å². The average Bonchev–Trinajstić information content (AvgIpc) is 2.73. The molecule has 0 bridgehead atoms. The Balaban J connectivity index is 1.81. The van der Waals surface area contributed by atoms with E-state index >= 15 is 0 Å². The van der Waals surface area contributed by atoms with Gasteiger partial charge in [-0.3, -0.25) is 9.59 Å². The van der Waals surface area contributed by atoms with Gasteiger partial charge in [0.2, 0.25) is 11.5 Å². The minimum absolute atomic E-state index is 0.117. The van der Waals surface area contributed by atoms with Gasteiger partial charge >= 0.3 is 5.97 Å². The molecule has 0 aliphatic heterocycles. The second kappa shape index (κ2) is 11.0. The molecule has 0 saturated carbocycles. The lowest BCUT2D eigenvalue weighted by Crippen LogP contribution is -2.41. The molecule has 0 spiro atoms. The molecular formula is C23H20I2N2O6. The van der Waals surface area contributed by atoms with Crippen molar-refractivity contribution in [1.82, 2.24) is 10.3 Å². The number of aromatic amines is 1. The third kappa shape index (κ3) is 6.93. The van der Waals surface area contributed by atoms with E-state index < -0.39 is 17.9 Å². The first-order valence-corrected chi connectivity index (χ1v) is 11.9. The molecule has 33 heavy (non-hydrogen) atoms. The lowest BCUT2D eigenvalue weighted by molar-refractivity contribution is -0.141. The highest BCUT2D eigenvalue weighted by atomic mass is 127. The quantitative estimate of drug-likeness (QED) is 0.270. The van der Waals surface area contributed by atoms with Crippen molar-refractivity contribution < 1.29 is 24.5 Å². The number of carboxylic acids is 1. The fourth-order valence-electron chi connectivity index (χ4n) is 3.17. The maximum Gasteiger partial charge on any atom is 0.326 e. The number of hydrogen-bond donors (Lipinski definition) is 4. The Kier molecular flexibility index (Phi) is 8.35. The largest absolute Gasteiger partial charge is 0.508 e. The number of H-pyrrole nitrogens is 1. The summed E-state index contributed by atoms with van der Waals surface area (Å²) in [6, 6.07) is 10.7. The zero-order chi connectivity index (χ0) is 24.1. The number of nitrogens with one attached hydrogen (secondary N) is 2. The number of pyridine rings is 1. The molecule has 1 atom stereocenters. The van der Waals surface area contributed by atoms with Gasteiger partial charge in [-0.05, 0) is 86.6 Å². The van der Waals surface area contributed by atoms with Crippen LogP contribution in [0.2, 0.25) is 0 Å². The van der Waals surface area contributed by atoms with Crippen molar-refractivity contribution >= 4 is 57.1 Å². The zero-order valence-corrected chi connectivity index (χ0v) is 21.7. The number of carbonyl (C=O) groups is 2. The van der Waals surface area contributed by atoms with Crippen LogP contribution in [0.4, 0.5) is 0 Å². The summed E-state index contributed by atoms with van der Waals surface area (Å²) in [5.41, 5.74) is 2.03. The van der Waals surface area contributed by atoms with Crippen molar-refractivity contribution in [2.75, 3.05) is 0 Å². The number of rotatable bonds is 8. The number of phenolic OH excluding ortho intramolecular Hbond substituents is 1. The third-order valence-corrected chi connectivity index (χ3v) is 6.29. The van der Waals surface area contributed by atoms with Gasteiger partial charge in [0, 0.05) is 37.6 Å². The second-order valence-electron chi connectivity index (χ2n) is 7.31. The van der Waals surface area contributed by atoms with Crippen LogP contribution in [0.1, 0.15) is 23.6 Å². The summed E-state index contributed by atoms with van der Waals surface area (Å²) < 4.78 is 7.64. The van der Waals surface area contributed by atoms with Crippen molar-refractivity contribution in [3.8, 4) is 17.2 Å². The van der Waals surface area contributed by atoms with Crippen molar-refractivity contribution in [3.05, 3.63) is 82.8 Å². The van der Waals surface area contributed by atoms with Crippen LogP contribution >= 0.6 is 45.2 Å². The average molecular weight is 674 g/mol. The monoisotopic (exact) mass is 674 g/mol. The predicted molar refractivity (Wildman–Crippen MR) is 139 cm³/mol. The summed E-state index contributed by atoms with van der Waals surface area (Å²) in [5, 5.41) is 22.0. The minimum atomic E-state index is -1.10. The molecule has 2 aromatic carbocycles. The number of carboxylic acid groups (broad SMARTS) is 1.